The van der Waals surface area contributed by atoms with Crippen molar-refractivity contribution in [2.75, 3.05) is 4.90 Å². The van der Waals surface area contributed by atoms with Gasteiger partial charge in [-0.3, -0.25) is 19.7 Å². The third kappa shape index (κ3) is 6.40. The van der Waals surface area contributed by atoms with Gasteiger partial charge in [-0.15, -0.1) is 13.2 Å². The van der Waals surface area contributed by atoms with E-state index >= 15 is 0 Å². The molecular formula is C28H25F6N3O2. The van der Waals surface area contributed by atoms with Gasteiger partial charge in [-0.05, 0) is 67.3 Å². The van der Waals surface area contributed by atoms with E-state index in [4.69, 9.17) is 0 Å². The third-order valence-electron chi connectivity index (χ3n) is 6.43. The molecule has 1 amide bonds. The number of anilines is 1. The number of aromatic nitrogens is 1. The Balaban J connectivity index is 1.72. The summed E-state index contributed by atoms with van der Waals surface area (Å²) in [5, 5.41) is 0. The number of amides is 1. The predicted octanol–water partition coefficient (Wildman–Crippen LogP) is 7.42. The fourth-order valence-electron chi connectivity index (χ4n) is 4.45. The van der Waals surface area contributed by atoms with Crippen LogP contribution in [0.3, 0.4) is 0 Å². The lowest BCUT2D eigenvalue weighted by Gasteiger charge is -2.25. The summed E-state index contributed by atoms with van der Waals surface area (Å²) in [5.74, 6) is -0.883. The number of aliphatic imine (C=N–C) groups is 1. The second-order valence-electron chi connectivity index (χ2n) is 9.58. The summed E-state index contributed by atoms with van der Waals surface area (Å²) >= 11 is 0. The first-order chi connectivity index (χ1) is 18.2. The van der Waals surface area contributed by atoms with Gasteiger partial charge >= 0.3 is 12.5 Å². The van der Waals surface area contributed by atoms with E-state index in [1.165, 1.54) is 23.1 Å². The van der Waals surface area contributed by atoms with Crippen molar-refractivity contribution in [2.45, 2.75) is 57.7 Å². The third-order valence-corrected chi connectivity index (χ3v) is 6.43. The molecule has 5 nitrogen and oxygen atoms in total. The van der Waals surface area contributed by atoms with Gasteiger partial charge in [0.1, 0.15) is 17.2 Å². The number of aryl methyl sites for hydroxylation is 1. The lowest BCUT2D eigenvalue weighted by Crippen LogP contribution is -2.30. The largest absolute Gasteiger partial charge is 0.573 e. The molecule has 1 aromatic heterocycles. The SMILES string of the molecule is CCc1cccc(C2CC(=NC(C)(C)c3ccc(C(F)(F)F)nc3)C(=O)N2c2ccc(OC(F)(F)F)cc2)c1. The fraction of sp³-hybridized carbons (Fsp3) is 0.321. The molecule has 0 radical (unpaired) electrons. The normalized spacial score (nSPS) is 17.7. The number of carbonyl (C=O) groups excluding carboxylic acids is 1. The first-order valence-electron chi connectivity index (χ1n) is 12.1. The van der Waals surface area contributed by atoms with Gasteiger partial charge in [0.15, 0.2) is 0 Å². The molecule has 1 aliphatic heterocycles. The van der Waals surface area contributed by atoms with E-state index in [2.05, 4.69) is 14.7 Å². The molecule has 1 unspecified atom stereocenters. The van der Waals surface area contributed by atoms with Crippen LogP contribution in [0.15, 0.2) is 71.9 Å². The Morgan fingerprint density at radius 1 is 1.00 bits per heavy atom. The number of ether oxygens (including phenoxy) is 1. The van der Waals surface area contributed by atoms with Gasteiger partial charge in [-0.25, -0.2) is 0 Å². The van der Waals surface area contributed by atoms with Gasteiger partial charge < -0.3 is 4.74 Å². The molecule has 1 atom stereocenters. The molecule has 3 aromatic rings. The van der Waals surface area contributed by atoms with E-state index < -0.39 is 41.5 Å². The highest BCUT2D eigenvalue weighted by atomic mass is 19.4. The van der Waals surface area contributed by atoms with Crippen LogP contribution >= 0.6 is 0 Å². The summed E-state index contributed by atoms with van der Waals surface area (Å²) in [5.41, 5.74) is 0.647. The van der Waals surface area contributed by atoms with Gasteiger partial charge in [0, 0.05) is 18.3 Å². The highest BCUT2D eigenvalue weighted by Crippen LogP contribution is 2.39. The summed E-state index contributed by atoms with van der Waals surface area (Å²) in [6, 6.07) is 14.3. The highest BCUT2D eigenvalue weighted by molar-refractivity contribution is 6.46. The van der Waals surface area contributed by atoms with Gasteiger partial charge in [0.05, 0.1) is 11.6 Å². The van der Waals surface area contributed by atoms with E-state index in [-0.39, 0.29) is 12.1 Å². The van der Waals surface area contributed by atoms with Crippen molar-refractivity contribution in [3.05, 3.63) is 89.2 Å². The predicted molar refractivity (Wildman–Crippen MR) is 133 cm³/mol. The van der Waals surface area contributed by atoms with Gasteiger partial charge in [-0.2, -0.15) is 13.2 Å². The molecule has 39 heavy (non-hydrogen) atoms. The summed E-state index contributed by atoms with van der Waals surface area (Å²) in [6.07, 6.45) is -7.41. The second-order valence-corrected chi connectivity index (χ2v) is 9.58. The van der Waals surface area contributed by atoms with Crippen LogP contribution in [0.5, 0.6) is 5.75 Å². The van der Waals surface area contributed by atoms with E-state index in [0.29, 0.717) is 11.3 Å². The zero-order valence-corrected chi connectivity index (χ0v) is 21.3. The van der Waals surface area contributed by atoms with Crippen molar-refractivity contribution < 1.29 is 35.9 Å². The number of benzene rings is 2. The smallest absolute Gasteiger partial charge is 0.406 e. The van der Waals surface area contributed by atoms with Crippen molar-refractivity contribution in [1.29, 1.82) is 0 Å². The molecule has 0 bridgehead atoms. The van der Waals surface area contributed by atoms with Crippen LogP contribution in [0.4, 0.5) is 32.0 Å². The Kier molecular flexibility index (Phi) is 7.46. The molecule has 1 aliphatic rings. The molecule has 206 valence electrons. The average molecular weight is 550 g/mol. The zero-order valence-electron chi connectivity index (χ0n) is 21.3. The first kappa shape index (κ1) is 28.1. The molecule has 0 saturated carbocycles. The van der Waals surface area contributed by atoms with Crippen LogP contribution in [0, 0.1) is 0 Å². The number of nitrogens with zero attached hydrogens (tertiary/aromatic N) is 3. The maximum atomic E-state index is 13.7. The molecule has 11 heteroatoms. The van der Waals surface area contributed by atoms with Gasteiger partial charge in [0.2, 0.25) is 0 Å². The molecule has 1 saturated heterocycles. The van der Waals surface area contributed by atoms with Crippen molar-refractivity contribution in [3.8, 4) is 5.75 Å². The Morgan fingerprint density at radius 3 is 2.26 bits per heavy atom. The zero-order chi connectivity index (χ0) is 28.6. The monoisotopic (exact) mass is 549 g/mol. The number of hydrogen-bond donors (Lipinski definition) is 0. The second kappa shape index (κ2) is 10.3. The van der Waals surface area contributed by atoms with Gasteiger partial charge in [0.25, 0.3) is 5.91 Å². The van der Waals surface area contributed by atoms with E-state index in [9.17, 15) is 31.1 Å². The Morgan fingerprint density at radius 2 is 1.69 bits per heavy atom. The van der Waals surface area contributed by atoms with E-state index in [1.807, 2.05) is 31.2 Å². The molecular weight excluding hydrogens is 524 g/mol. The molecule has 0 N–H and O–H groups in total. The van der Waals surface area contributed by atoms with Crippen LogP contribution in [0.2, 0.25) is 0 Å². The topological polar surface area (TPSA) is 54.8 Å². The van der Waals surface area contributed by atoms with Crippen molar-refractivity contribution in [3.63, 3.8) is 0 Å². The quantitative estimate of drug-likeness (QED) is 0.301. The number of carbonyl (C=O) groups is 1. The summed E-state index contributed by atoms with van der Waals surface area (Å²) < 4.78 is 80.7. The molecule has 0 spiro atoms. The van der Waals surface area contributed by atoms with E-state index in [0.717, 1.165) is 41.9 Å². The van der Waals surface area contributed by atoms with Crippen LogP contribution in [-0.2, 0) is 22.9 Å². The lowest BCUT2D eigenvalue weighted by molar-refractivity contribution is -0.274. The minimum absolute atomic E-state index is 0.183. The Labute approximate surface area is 221 Å². The summed E-state index contributed by atoms with van der Waals surface area (Å²) in [6.45, 7) is 5.32. The molecule has 2 aromatic carbocycles. The summed E-state index contributed by atoms with van der Waals surface area (Å²) in [7, 11) is 0. The maximum Gasteiger partial charge on any atom is 0.573 e. The number of pyridine rings is 1. The first-order valence-corrected chi connectivity index (χ1v) is 12.1. The molecule has 4 rings (SSSR count). The maximum absolute atomic E-state index is 13.7. The van der Waals surface area contributed by atoms with Crippen LogP contribution in [-0.4, -0.2) is 23.0 Å². The number of halogens is 6. The lowest BCUT2D eigenvalue weighted by atomic mass is 9.95. The Hall–Kier alpha value is -3.89. The van der Waals surface area contributed by atoms with Crippen molar-refractivity contribution in [2.24, 2.45) is 4.99 Å². The Bertz CT molecular complexity index is 1360. The van der Waals surface area contributed by atoms with Crippen molar-refractivity contribution >= 4 is 17.3 Å². The van der Waals surface area contributed by atoms with Crippen LogP contribution in [0.1, 0.15) is 55.6 Å². The number of alkyl halides is 6. The fourth-order valence-corrected chi connectivity index (χ4v) is 4.45. The standard InChI is InChI=1S/C28H25F6N3O2/c1-4-17-6-5-7-18(14-17)23-15-22(36-26(2,3)19-8-13-24(35-16-19)27(29,30)31)25(38)37(23)20-9-11-21(12-10-20)39-28(32,33)34/h5-14,16,23H,4,15H2,1-3H3. The van der Waals surface area contributed by atoms with Crippen molar-refractivity contribution in [1.82, 2.24) is 4.98 Å². The van der Waals surface area contributed by atoms with E-state index in [1.54, 1.807) is 13.8 Å². The van der Waals surface area contributed by atoms with Crippen LogP contribution < -0.4 is 9.64 Å². The summed E-state index contributed by atoms with van der Waals surface area (Å²) in [4.78, 5) is 23.3. The molecule has 1 fully saturated rings. The minimum Gasteiger partial charge on any atom is -0.406 e. The number of hydrogen-bond acceptors (Lipinski definition) is 4. The van der Waals surface area contributed by atoms with Gasteiger partial charge in [-0.1, -0.05) is 37.3 Å². The highest BCUT2D eigenvalue weighted by Gasteiger charge is 2.40. The van der Waals surface area contributed by atoms with Crippen LogP contribution in [0.25, 0.3) is 0 Å². The molecule has 0 aliphatic carbocycles. The minimum atomic E-state index is -4.85. The number of rotatable bonds is 6. The average Bonchev–Trinajstić information content (AvgIpc) is 3.18. The molecule has 2 heterocycles.